The van der Waals surface area contributed by atoms with E-state index < -0.39 is 22.0 Å². The van der Waals surface area contributed by atoms with E-state index in [4.69, 9.17) is 0 Å². The average molecular weight is 524 g/mol. The van der Waals surface area contributed by atoms with Gasteiger partial charge in [-0.05, 0) is 55.2 Å². The van der Waals surface area contributed by atoms with Gasteiger partial charge in [-0.2, -0.15) is 4.31 Å². The number of rotatable bonds is 11. The lowest BCUT2D eigenvalue weighted by molar-refractivity contribution is -0.141. The highest BCUT2D eigenvalue weighted by Crippen LogP contribution is 2.22. The molecule has 0 saturated carbocycles. The molecule has 0 aliphatic heterocycles. The van der Waals surface area contributed by atoms with Gasteiger partial charge in [-0.3, -0.25) is 9.59 Å². The molecule has 198 valence electrons. The van der Waals surface area contributed by atoms with Crippen molar-refractivity contribution in [1.29, 1.82) is 0 Å². The molecule has 7 nitrogen and oxygen atoms in total. The molecule has 2 atom stereocenters. The predicted octanol–water partition coefficient (Wildman–Crippen LogP) is 4.49. The molecule has 0 saturated heterocycles. The van der Waals surface area contributed by atoms with Crippen molar-refractivity contribution in [2.75, 3.05) is 13.6 Å². The van der Waals surface area contributed by atoms with Crippen LogP contribution in [0.2, 0.25) is 0 Å². The summed E-state index contributed by atoms with van der Waals surface area (Å²) >= 11 is 0. The molecule has 0 radical (unpaired) electrons. The van der Waals surface area contributed by atoms with Gasteiger partial charge in [0.1, 0.15) is 6.04 Å². The number of hydrogen-bond acceptors (Lipinski definition) is 4. The third-order valence-electron chi connectivity index (χ3n) is 6.61. The highest BCUT2D eigenvalue weighted by atomic mass is 32.2. The van der Waals surface area contributed by atoms with E-state index in [1.807, 2.05) is 76.2 Å². The van der Waals surface area contributed by atoms with E-state index in [0.29, 0.717) is 6.42 Å². The number of fused-ring (bicyclic) bond motifs is 1. The zero-order valence-electron chi connectivity index (χ0n) is 22.3. The van der Waals surface area contributed by atoms with Crippen LogP contribution in [0.1, 0.15) is 44.7 Å². The van der Waals surface area contributed by atoms with E-state index in [9.17, 15) is 18.0 Å². The fourth-order valence-electron chi connectivity index (χ4n) is 4.24. The quantitative estimate of drug-likeness (QED) is 0.401. The van der Waals surface area contributed by atoms with Crippen LogP contribution in [-0.2, 0) is 26.2 Å². The number of sulfonamides is 1. The Labute approximate surface area is 220 Å². The van der Waals surface area contributed by atoms with Crippen molar-refractivity contribution in [2.24, 2.45) is 0 Å². The maximum absolute atomic E-state index is 13.6. The van der Waals surface area contributed by atoms with E-state index in [-0.39, 0.29) is 29.9 Å². The summed E-state index contributed by atoms with van der Waals surface area (Å²) in [6, 6.07) is 19.4. The molecular weight excluding hydrogens is 486 g/mol. The zero-order valence-corrected chi connectivity index (χ0v) is 23.1. The minimum absolute atomic E-state index is 0.0339. The monoisotopic (exact) mass is 523 g/mol. The van der Waals surface area contributed by atoms with Gasteiger partial charge in [-0.1, -0.05) is 74.0 Å². The number of carbonyl (C=O) groups is 2. The number of carbonyl (C=O) groups excluding carboxylic acids is 2. The molecule has 0 aliphatic rings. The van der Waals surface area contributed by atoms with E-state index in [1.165, 1.54) is 11.9 Å². The molecule has 3 aromatic carbocycles. The lowest BCUT2D eigenvalue weighted by Crippen LogP contribution is -2.53. The van der Waals surface area contributed by atoms with E-state index in [0.717, 1.165) is 32.6 Å². The fourth-order valence-corrected chi connectivity index (χ4v) is 5.40. The first-order chi connectivity index (χ1) is 17.6. The third-order valence-corrected chi connectivity index (χ3v) is 8.41. The first kappa shape index (κ1) is 28.3. The lowest BCUT2D eigenvalue weighted by Gasteiger charge is -2.32. The van der Waals surface area contributed by atoms with Crippen molar-refractivity contribution in [2.45, 2.75) is 64.1 Å². The minimum atomic E-state index is -3.93. The standard InChI is InChI=1S/C29H37N3O4S/c1-6-22(4)30-29(34)27(7-2)32(19-23-12-10-11-21(3)17-23)28(33)20-31(5)37(35,36)26-16-15-24-13-8-9-14-25(24)18-26/h8-18,22,27H,6-7,19-20H2,1-5H3,(H,30,34)/t22-,27-/m0/s1. The number of nitrogens with one attached hydrogen (secondary N) is 1. The molecule has 0 aliphatic carbocycles. The van der Waals surface area contributed by atoms with Crippen molar-refractivity contribution in [3.8, 4) is 0 Å². The van der Waals surface area contributed by atoms with Crippen molar-refractivity contribution in [3.05, 3.63) is 77.9 Å². The maximum atomic E-state index is 13.6. The first-order valence-electron chi connectivity index (χ1n) is 12.7. The number of likely N-dealkylation sites (N-methyl/N-ethyl adjacent to an activating group) is 1. The van der Waals surface area contributed by atoms with Gasteiger partial charge in [0.2, 0.25) is 21.8 Å². The summed E-state index contributed by atoms with van der Waals surface area (Å²) in [6.45, 7) is 7.54. The summed E-state index contributed by atoms with van der Waals surface area (Å²) in [5, 5.41) is 4.71. The van der Waals surface area contributed by atoms with Crippen LogP contribution in [0.3, 0.4) is 0 Å². The smallest absolute Gasteiger partial charge is 0.243 e. The summed E-state index contributed by atoms with van der Waals surface area (Å²) in [5.74, 6) is -0.669. The van der Waals surface area contributed by atoms with Gasteiger partial charge in [-0.25, -0.2) is 8.42 Å². The average Bonchev–Trinajstić information content (AvgIpc) is 2.88. The Hall–Kier alpha value is -3.23. The number of aryl methyl sites for hydroxylation is 1. The molecule has 0 aromatic heterocycles. The van der Waals surface area contributed by atoms with Crippen LogP contribution in [0.5, 0.6) is 0 Å². The molecule has 2 amide bonds. The molecule has 37 heavy (non-hydrogen) atoms. The van der Waals surface area contributed by atoms with E-state index in [2.05, 4.69) is 5.32 Å². The van der Waals surface area contributed by atoms with Gasteiger partial charge in [0.25, 0.3) is 0 Å². The Kier molecular flexibility index (Phi) is 9.45. The highest BCUT2D eigenvalue weighted by molar-refractivity contribution is 7.89. The Bertz CT molecular complexity index is 1360. The predicted molar refractivity (Wildman–Crippen MR) is 147 cm³/mol. The number of nitrogens with zero attached hydrogens (tertiary/aromatic N) is 2. The fraction of sp³-hybridized carbons (Fsp3) is 0.379. The van der Waals surface area contributed by atoms with Gasteiger partial charge in [-0.15, -0.1) is 0 Å². The summed E-state index contributed by atoms with van der Waals surface area (Å²) < 4.78 is 27.8. The van der Waals surface area contributed by atoms with Gasteiger partial charge in [0.05, 0.1) is 11.4 Å². The second-order valence-electron chi connectivity index (χ2n) is 9.52. The van der Waals surface area contributed by atoms with Crippen LogP contribution in [0, 0.1) is 6.92 Å². The van der Waals surface area contributed by atoms with E-state index in [1.54, 1.807) is 18.2 Å². The molecule has 0 spiro atoms. The van der Waals surface area contributed by atoms with Crippen LogP contribution in [0.4, 0.5) is 0 Å². The normalized spacial score (nSPS) is 13.4. The van der Waals surface area contributed by atoms with Crippen molar-refractivity contribution in [3.63, 3.8) is 0 Å². The van der Waals surface area contributed by atoms with Crippen LogP contribution < -0.4 is 5.32 Å². The topological polar surface area (TPSA) is 86.8 Å². The van der Waals surface area contributed by atoms with Gasteiger partial charge < -0.3 is 10.2 Å². The Balaban J connectivity index is 1.88. The van der Waals surface area contributed by atoms with Crippen LogP contribution >= 0.6 is 0 Å². The van der Waals surface area contributed by atoms with Crippen molar-refractivity contribution >= 4 is 32.6 Å². The second-order valence-corrected chi connectivity index (χ2v) is 11.6. The number of hydrogen-bond donors (Lipinski definition) is 1. The van der Waals surface area contributed by atoms with E-state index >= 15 is 0 Å². The molecule has 0 bridgehead atoms. The van der Waals surface area contributed by atoms with Gasteiger partial charge >= 0.3 is 0 Å². The molecule has 0 unspecified atom stereocenters. The Morgan fingerprint density at radius 1 is 0.919 bits per heavy atom. The highest BCUT2D eigenvalue weighted by Gasteiger charge is 2.32. The molecule has 8 heteroatoms. The zero-order chi connectivity index (χ0) is 27.2. The molecule has 0 fully saturated rings. The second kappa shape index (κ2) is 12.3. The van der Waals surface area contributed by atoms with Crippen LogP contribution in [-0.4, -0.2) is 55.1 Å². The SMILES string of the molecule is CC[C@H](C)NC(=O)[C@H](CC)N(Cc1cccc(C)c1)C(=O)CN(C)S(=O)(=O)c1ccc2ccccc2c1. The Morgan fingerprint density at radius 2 is 1.62 bits per heavy atom. The summed E-state index contributed by atoms with van der Waals surface area (Å²) in [7, 11) is -2.53. The summed E-state index contributed by atoms with van der Waals surface area (Å²) in [4.78, 5) is 28.4. The van der Waals surface area contributed by atoms with Crippen molar-refractivity contribution in [1.82, 2.24) is 14.5 Å². The van der Waals surface area contributed by atoms with Gasteiger partial charge in [0.15, 0.2) is 0 Å². The summed E-state index contributed by atoms with van der Waals surface area (Å²) in [5.41, 5.74) is 1.92. The first-order valence-corrected chi connectivity index (χ1v) is 14.1. The lowest BCUT2D eigenvalue weighted by atomic mass is 10.1. The molecular formula is C29H37N3O4S. The number of benzene rings is 3. The molecule has 3 aromatic rings. The maximum Gasteiger partial charge on any atom is 0.243 e. The largest absolute Gasteiger partial charge is 0.352 e. The number of amides is 2. The van der Waals surface area contributed by atoms with Crippen LogP contribution in [0.25, 0.3) is 10.8 Å². The Morgan fingerprint density at radius 3 is 2.27 bits per heavy atom. The van der Waals surface area contributed by atoms with Crippen LogP contribution in [0.15, 0.2) is 71.6 Å². The third kappa shape index (κ3) is 6.96. The molecule has 1 N–H and O–H groups in total. The minimum Gasteiger partial charge on any atom is -0.352 e. The summed E-state index contributed by atoms with van der Waals surface area (Å²) in [6.07, 6.45) is 1.17. The molecule has 3 rings (SSSR count). The molecule has 0 heterocycles. The van der Waals surface area contributed by atoms with Crippen molar-refractivity contribution < 1.29 is 18.0 Å². The van der Waals surface area contributed by atoms with Gasteiger partial charge in [0, 0.05) is 19.6 Å².